The van der Waals surface area contributed by atoms with Crippen molar-refractivity contribution in [3.63, 3.8) is 0 Å². The summed E-state index contributed by atoms with van der Waals surface area (Å²) in [5.74, 6) is 0. The molecule has 0 aromatic heterocycles. The lowest BCUT2D eigenvalue weighted by Crippen LogP contribution is -2.50. The van der Waals surface area contributed by atoms with Crippen LogP contribution in [0.2, 0.25) is 0 Å². The Bertz CT molecular complexity index is 679. The second kappa shape index (κ2) is 8.14. The highest BCUT2D eigenvalue weighted by Gasteiger charge is 2.29. The molecule has 7 heteroatoms. The second-order valence-corrected chi connectivity index (χ2v) is 8.88. The topological polar surface area (TPSA) is 53.1 Å². The van der Waals surface area contributed by atoms with Crippen LogP contribution in [0.1, 0.15) is 11.1 Å². The van der Waals surface area contributed by atoms with E-state index in [0.717, 1.165) is 63.6 Å². The highest BCUT2D eigenvalue weighted by molar-refractivity contribution is 7.89. The molecular weight excluding hydrogens is 338 g/mol. The molecule has 3 rings (SSSR count). The third-order valence-electron chi connectivity index (χ3n) is 5.12. The van der Waals surface area contributed by atoms with Crippen LogP contribution in [0.3, 0.4) is 0 Å². The fourth-order valence-corrected chi connectivity index (χ4v) is 5.16. The Hall–Kier alpha value is -0.990. The minimum atomic E-state index is -3.39. The number of piperazine rings is 1. The molecule has 0 saturated carbocycles. The monoisotopic (exact) mass is 367 g/mol. The summed E-state index contributed by atoms with van der Waals surface area (Å²) < 4.78 is 32.8. The first-order chi connectivity index (χ1) is 12.0. The Kier molecular flexibility index (Phi) is 6.12. The Labute approximate surface area is 151 Å². The van der Waals surface area contributed by atoms with E-state index in [1.54, 1.807) is 10.4 Å². The number of ether oxygens (including phenoxy) is 1. The van der Waals surface area contributed by atoms with E-state index in [9.17, 15) is 8.42 Å². The third kappa shape index (κ3) is 4.60. The fraction of sp³-hybridized carbons (Fsp3) is 0.667. The first-order valence-electron chi connectivity index (χ1n) is 9.07. The third-order valence-corrected chi connectivity index (χ3v) is 7.17. The van der Waals surface area contributed by atoms with Gasteiger partial charge >= 0.3 is 0 Å². The van der Waals surface area contributed by atoms with Crippen LogP contribution in [0, 0.1) is 13.8 Å². The highest BCUT2D eigenvalue weighted by atomic mass is 32.2. The van der Waals surface area contributed by atoms with Gasteiger partial charge in [-0.2, -0.15) is 4.31 Å². The van der Waals surface area contributed by atoms with Gasteiger partial charge in [0.2, 0.25) is 10.0 Å². The van der Waals surface area contributed by atoms with Crippen molar-refractivity contribution in [3.05, 3.63) is 29.3 Å². The quantitative estimate of drug-likeness (QED) is 0.775. The number of sulfonamides is 1. The maximum absolute atomic E-state index is 12.9. The van der Waals surface area contributed by atoms with Gasteiger partial charge in [-0.25, -0.2) is 8.42 Å². The van der Waals surface area contributed by atoms with E-state index in [2.05, 4.69) is 9.80 Å². The van der Waals surface area contributed by atoms with E-state index in [0.29, 0.717) is 18.0 Å². The highest BCUT2D eigenvalue weighted by Crippen LogP contribution is 2.22. The van der Waals surface area contributed by atoms with Crippen LogP contribution in [-0.4, -0.2) is 88.1 Å². The predicted octanol–water partition coefficient (Wildman–Crippen LogP) is 0.942. The molecule has 25 heavy (non-hydrogen) atoms. The number of nitrogens with zero attached hydrogens (tertiary/aromatic N) is 3. The van der Waals surface area contributed by atoms with Gasteiger partial charge < -0.3 is 4.74 Å². The summed E-state index contributed by atoms with van der Waals surface area (Å²) in [5.41, 5.74) is 1.92. The van der Waals surface area contributed by atoms with E-state index in [1.807, 2.05) is 26.0 Å². The van der Waals surface area contributed by atoms with Gasteiger partial charge in [0.1, 0.15) is 0 Å². The molecule has 0 bridgehead atoms. The van der Waals surface area contributed by atoms with E-state index in [1.165, 1.54) is 0 Å². The molecule has 2 heterocycles. The molecular formula is C18H29N3O3S. The molecule has 0 spiro atoms. The lowest BCUT2D eigenvalue weighted by molar-refractivity contribution is 0.0317. The van der Waals surface area contributed by atoms with Gasteiger partial charge in [0.15, 0.2) is 0 Å². The van der Waals surface area contributed by atoms with Gasteiger partial charge in [-0.15, -0.1) is 0 Å². The van der Waals surface area contributed by atoms with E-state index < -0.39 is 10.0 Å². The van der Waals surface area contributed by atoms with Gasteiger partial charge in [0.05, 0.1) is 18.1 Å². The zero-order valence-corrected chi connectivity index (χ0v) is 16.1. The number of rotatable bonds is 5. The lowest BCUT2D eigenvalue weighted by Gasteiger charge is -2.36. The average Bonchev–Trinajstić information content (AvgIpc) is 2.61. The smallest absolute Gasteiger partial charge is 0.243 e. The minimum absolute atomic E-state index is 0.444. The molecule has 0 atom stereocenters. The first-order valence-corrected chi connectivity index (χ1v) is 10.5. The molecule has 0 aliphatic carbocycles. The maximum atomic E-state index is 12.9. The van der Waals surface area contributed by atoms with Crippen molar-refractivity contribution in [3.8, 4) is 0 Å². The van der Waals surface area contributed by atoms with Crippen molar-refractivity contribution in [2.75, 3.05) is 65.6 Å². The molecule has 2 aliphatic rings. The summed E-state index contributed by atoms with van der Waals surface area (Å²) in [5, 5.41) is 0. The fourth-order valence-electron chi connectivity index (χ4n) is 3.53. The molecule has 0 N–H and O–H groups in total. The summed E-state index contributed by atoms with van der Waals surface area (Å²) in [6.07, 6.45) is 0. The van der Waals surface area contributed by atoms with Crippen LogP contribution in [0.15, 0.2) is 23.1 Å². The zero-order chi connectivity index (χ0) is 17.9. The molecule has 0 unspecified atom stereocenters. The largest absolute Gasteiger partial charge is 0.379 e. The van der Waals surface area contributed by atoms with Crippen LogP contribution < -0.4 is 0 Å². The molecule has 0 amide bonds. The molecule has 1 aromatic carbocycles. The van der Waals surface area contributed by atoms with Crippen molar-refractivity contribution in [1.82, 2.24) is 14.1 Å². The van der Waals surface area contributed by atoms with E-state index in [4.69, 9.17) is 4.74 Å². The standard InChI is InChI=1S/C18H29N3O3S/c1-16-3-4-18(17(2)15-16)25(22,23)21-9-7-19(8-10-21)5-6-20-11-13-24-14-12-20/h3-4,15H,5-14H2,1-2H3. The van der Waals surface area contributed by atoms with E-state index >= 15 is 0 Å². The van der Waals surface area contributed by atoms with Gasteiger partial charge in [-0.3, -0.25) is 9.80 Å². The van der Waals surface area contributed by atoms with Gasteiger partial charge in [0, 0.05) is 52.4 Å². The summed E-state index contributed by atoms with van der Waals surface area (Å²) in [6, 6.07) is 5.55. The van der Waals surface area contributed by atoms with Crippen molar-refractivity contribution >= 4 is 10.0 Å². The molecule has 0 radical (unpaired) electrons. The van der Waals surface area contributed by atoms with Gasteiger partial charge in [-0.1, -0.05) is 17.7 Å². The molecule has 2 fully saturated rings. The Morgan fingerprint density at radius 3 is 2.12 bits per heavy atom. The van der Waals surface area contributed by atoms with Crippen LogP contribution in [-0.2, 0) is 14.8 Å². The van der Waals surface area contributed by atoms with Crippen LogP contribution in [0.25, 0.3) is 0 Å². The van der Waals surface area contributed by atoms with Crippen LogP contribution in [0.4, 0.5) is 0 Å². The average molecular weight is 368 g/mol. The SMILES string of the molecule is Cc1ccc(S(=O)(=O)N2CCN(CCN3CCOCC3)CC2)c(C)c1. The Morgan fingerprint density at radius 1 is 0.920 bits per heavy atom. The summed E-state index contributed by atoms with van der Waals surface area (Å²) >= 11 is 0. The van der Waals surface area contributed by atoms with Crippen molar-refractivity contribution in [2.45, 2.75) is 18.7 Å². The molecule has 1 aromatic rings. The zero-order valence-electron chi connectivity index (χ0n) is 15.3. The van der Waals surface area contributed by atoms with Crippen LogP contribution in [0.5, 0.6) is 0 Å². The number of aryl methyl sites for hydroxylation is 2. The molecule has 6 nitrogen and oxygen atoms in total. The summed E-state index contributed by atoms with van der Waals surface area (Å²) in [4.78, 5) is 5.23. The number of benzene rings is 1. The predicted molar refractivity (Wildman–Crippen MR) is 98.4 cm³/mol. The number of morpholine rings is 1. The first kappa shape index (κ1) is 18.8. The molecule has 2 aliphatic heterocycles. The van der Waals surface area contributed by atoms with Crippen molar-refractivity contribution in [2.24, 2.45) is 0 Å². The Balaban J connectivity index is 1.54. The molecule has 140 valence electrons. The van der Waals surface area contributed by atoms with Crippen molar-refractivity contribution in [1.29, 1.82) is 0 Å². The molecule has 2 saturated heterocycles. The Morgan fingerprint density at radius 2 is 1.52 bits per heavy atom. The normalized spacial score (nSPS) is 21.5. The lowest BCUT2D eigenvalue weighted by atomic mass is 10.2. The minimum Gasteiger partial charge on any atom is -0.379 e. The second-order valence-electron chi connectivity index (χ2n) is 6.97. The van der Waals surface area contributed by atoms with Crippen molar-refractivity contribution < 1.29 is 13.2 Å². The van der Waals surface area contributed by atoms with Gasteiger partial charge in [0.25, 0.3) is 0 Å². The van der Waals surface area contributed by atoms with E-state index in [-0.39, 0.29) is 0 Å². The van der Waals surface area contributed by atoms with Crippen LogP contribution >= 0.6 is 0 Å². The summed E-state index contributed by atoms with van der Waals surface area (Å²) in [6.45, 7) is 12.3. The summed E-state index contributed by atoms with van der Waals surface area (Å²) in [7, 11) is -3.39. The number of hydrogen-bond donors (Lipinski definition) is 0. The van der Waals surface area contributed by atoms with Gasteiger partial charge in [-0.05, 0) is 25.5 Å². The number of hydrogen-bond acceptors (Lipinski definition) is 5. The maximum Gasteiger partial charge on any atom is 0.243 e.